The largest absolute Gasteiger partial charge is 0.442 e. The van der Waals surface area contributed by atoms with E-state index in [4.69, 9.17) is 4.74 Å². The maximum Gasteiger partial charge on any atom is 0.407 e. The van der Waals surface area contributed by atoms with Crippen molar-refractivity contribution in [2.24, 2.45) is 5.41 Å². The summed E-state index contributed by atoms with van der Waals surface area (Å²) in [5, 5.41) is 12.5. The number of alkyl carbamates (subject to hydrolysis) is 1. The summed E-state index contributed by atoms with van der Waals surface area (Å²) in [7, 11) is 1.57. The molecule has 1 amide bonds. The molecule has 0 unspecified atom stereocenters. The number of hydrogen-bond donors (Lipinski definition) is 2. The van der Waals surface area contributed by atoms with Crippen LogP contribution in [-0.2, 0) is 4.74 Å². The highest BCUT2D eigenvalue weighted by Gasteiger charge is 2.49. The van der Waals surface area contributed by atoms with E-state index >= 15 is 0 Å². The minimum Gasteiger partial charge on any atom is -0.442 e. The fourth-order valence-electron chi connectivity index (χ4n) is 2.43. The van der Waals surface area contributed by atoms with E-state index in [9.17, 15) is 9.90 Å². The van der Waals surface area contributed by atoms with Gasteiger partial charge in [0.1, 0.15) is 5.60 Å². The predicted molar refractivity (Wildman–Crippen MR) is 66.8 cm³/mol. The van der Waals surface area contributed by atoms with Gasteiger partial charge < -0.3 is 15.2 Å². The van der Waals surface area contributed by atoms with Crippen LogP contribution in [0.2, 0.25) is 0 Å². The summed E-state index contributed by atoms with van der Waals surface area (Å²) < 4.78 is 5.62. The van der Waals surface area contributed by atoms with Crippen molar-refractivity contribution in [1.82, 2.24) is 5.32 Å². The number of rotatable bonds is 1. The van der Waals surface area contributed by atoms with Crippen molar-refractivity contribution in [1.29, 1.82) is 0 Å². The summed E-state index contributed by atoms with van der Waals surface area (Å²) >= 11 is 0. The van der Waals surface area contributed by atoms with Gasteiger partial charge in [-0.1, -0.05) is 20.8 Å². The Bertz CT molecular complexity index is 282. The molecule has 100 valence electrons. The fraction of sp³-hybridized carbons (Fsp3) is 0.923. The predicted octanol–water partition coefficient (Wildman–Crippen LogP) is 2.45. The van der Waals surface area contributed by atoms with Crippen LogP contribution in [0.5, 0.6) is 0 Å². The average molecular weight is 243 g/mol. The van der Waals surface area contributed by atoms with Gasteiger partial charge in [0.05, 0.1) is 5.60 Å². The van der Waals surface area contributed by atoms with Crippen LogP contribution in [0.15, 0.2) is 0 Å². The molecule has 1 aliphatic rings. The highest BCUT2D eigenvalue weighted by atomic mass is 16.6. The third-order valence-electron chi connectivity index (χ3n) is 3.99. The molecule has 2 N–H and O–H groups in total. The molecule has 1 rings (SSSR count). The molecule has 0 aromatic rings. The van der Waals surface area contributed by atoms with Crippen LogP contribution >= 0.6 is 0 Å². The highest BCUT2D eigenvalue weighted by Crippen LogP contribution is 2.47. The van der Waals surface area contributed by atoms with Crippen molar-refractivity contribution >= 4 is 6.09 Å². The standard InChI is InChI=1S/C13H25NO3/c1-11(2,3)13(17-10(15)14-5)8-6-12(4,16)7-9-13/h16H,6-9H2,1-5H3,(H,14,15). The third-order valence-corrected chi connectivity index (χ3v) is 3.99. The van der Waals surface area contributed by atoms with Gasteiger partial charge in [0.2, 0.25) is 0 Å². The summed E-state index contributed by atoms with van der Waals surface area (Å²) in [5.74, 6) is 0. The Balaban J connectivity index is 2.87. The Labute approximate surface area is 104 Å². The first-order chi connectivity index (χ1) is 7.62. The van der Waals surface area contributed by atoms with Gasteiger partial charge in [-0.15, -0.1) is 0 Å². The Morgan fingerprint density at radius 2 is 1.71 bits per heavy atom. The maximum absolute atomic E-state index is 11.5. The Morgan fingerprint density at radius 3 is 2.06 bits per heavy atom. The fourth-order valence-corrected chi connectivity index (χ4v) is 2.43. The third kappa shape index (κ3) is 3.12. The van der Waals surface area contributed by atoms with Gasteiger partial charge in [0.25, 0.3) is 0 Å². The molecule has 0 spiro atoms. The lowest BCUT2D eigenvalue weighted by Gasteiger charge is -2.49. The number of aliphatic hydroxyl groups is 1. The smallest absolute Gasteiger partial charge is 0.407 e. The average Bonchev–Trinajstić information content (AvgIpc) is 2.19. The van der Waals surface area contributed by atoms with E-state index in [0.29, 0.717) is 25.7 Å². The van der Waals surface area contributed by atoms with Crippen LogP contribution in [-0.4, -0.2) is 29.4 Å². The summed E-state index contributed by atoms with van der Waals surface area (Å²) in [4.78, 5) is 11.5. The summed E-state index contributed by atoms with van der Waals surface area (Å²) in [5.41, 5.74) is -1.23. The SMILES string of the molecule is CNC(=O)OC1(C(C)(C)C)CCC(C)(O)CC1. The lowest BCUT2D eigenvalue weighted by atomic mass is 9.65. The number of carbonyl (C=O) groups is 1. The van der Waals surface area contributed by atoms with Gasteiger partial charge in [0.15, 0.2) is 0 Å². The number of hydrogen-bond acceptors (Lipinski definition) is 3. The van der Waals surface area contributed by atoms with Crippen molar-refractivity contribution in [2.75, 3.05) is 7.05 Å². The number of ether oxygens (including phenoxy) is 1. The minimum absolute atomic E-state index is 0.129. The summed E-state index contributed by atoms with van der Waals surface area (Å²) in [6.45, 7) is 8.08. The molecule has 1 fully saturated rings. The summed E-state index contributed by atoms with van der Waals surface area (Å²) in [6, 6.07) is 0. The zero-order valence-electron chi connectivity index (χ0n) is 11.6. The normalized spacial score (nSPS) is 34.2. The first-order valence-electron chi connectivity index (χ1n) is 6.25. The molecule has 1 saturated carbocycles. The van der Waals surface area contributed by atoms with Crippen LogP contribution in [0.4, 0.5) is 4.79 Å². The van der Waals surface area contributed by atoms with Crippen LogP contribution < -0.4 is 5.32 Å². The van der Waals surface area contributed by atoms with Gasteiger partial charge in [-0.25, -0.2) is 4.79 Å². The number of carbonyl (C=O) groups excluding carboxylic acids is 1. The van der Waals surface area contributed by atoms with Crippen molar-refractivity contribution in [2.45, 2.75) is 64.6 Å². The lowest BCUT2D eigenvalue weighted by molar-refractivity contribution is -0.129. The van der Waals surface area contributed by atoms with Crippen LogP contribution in [0.1, 0.15) is 53.4 Å². The second kappa shape index (κ2) is 4.48. The van der Waals surface area contributed by atoms with Crippen LogP contribution in [0.25, 0.3) is 0 Å². The van der Waals surface area contributed by atoms with E-state index in [1.807, 2.05) is 6.92 Å². The zero-order chi connectivity index (χ0) is 13.3. The van der Waals surface area contributed by atoms with E-state index in [0.717, 1.165) is 0 Å². The van der Waals surface area contributed by atoms with E-state index in [2.05, 4.69) is 26.1 Å². The molecule has 0 radical (unpaired) electrons. The zero-order valence-corrected chi connectivity index (χ0v) is 11.6. The number of amides is 1. The molecule has 0 aliphatic heterocycles. The van der Waals surface area contributed by atoms with E-state index in [-0.39, 0.29) is 11.5 Å². The van der Waals surface area contributed by atoms with Crippen molar-refractivity contribution in [3.8, 4) is 0 Å². The number of nitrogens with one attached hydrogen (secondary N) is 1. The van der Waals surface area contributed by atoms with Gasteiger partial charge in [0, 0.05) is 12.5 Å². The lowest BCUT2D eigenvalue weighted by Crippen LogP contribution is -2.53. The summed E-state index contributed by atoms with van der Waals surface area (Å²) in [6.07, 6.45) is 2.36. The maximum atomic E-state index is 11.5. The molecule has 17 heavy (non-hydrogen) atoms. The highest BCUT2D eigenvalue weighted by molar-refractivity contribution is 5.67. The molecular weight excluding hydrogens is 218 g/mol. The molecular formula is C13H25NO3. The van der Waals surface area contributed by atoms with Crippen molar-refractivity contribution in [3.63, 3.8) is 0 Å². The first-order valence-corrected chi connectivity index (χ1v) is 6.25. The molecule has 0 aromatic heterocycles. The van der Waals surface area contributed by atoms with Crippen LogP contribution in [0, 0.1) is 5.41 Å². The Hall–Kier alpha value is -0.770. The quantitative estimate of drug-likeness (QED) is 0.743. The van der Waals surface area contributed by atoms with Gasteiger partial charge in [-0.05, 0) is 32.6 Å². The second-order valence-electron chi connectivity index (χ2n) is 6.38. The monoisotopic (exact) mass is 243 g/mol. The van der Waals surface area contributed by atoms with E-state index in [1.165, 1.54) is 0 Å². The van der Waals surface area contributed by atoms with Crippen LogP contribution in [0.3, 0.4) is 0 Å². The molecule has 4 heteroatoms. The molecule has 0 heterocycles. The van der Waals surface area contributed by atoms with Crippen molar-refractivity contribution < 1.29 is 14.6 Å². The first kappa shape index (κ1) is 14.3. The molecule has 0 aromatic carbocycles. The Kier molecular flexibility index (Phi) is 3.77. The minimum atomic E-state index is -0.624. The second-order valence-corrected chi connectivity index (χ2v) is 6.38. The van der Waals surface area contributed by atoms with Gasteiger partial charge in [-0.2, -0.15) is 0 Å². The molecule has 0 saturated heterocycles. The Morgan fingerprint density at radius 1 is 1.24 bits per heavy atom. The van der Waals surface area contributed by atoms with E-state index in [1.54, 1.807) is 7.05 Å². The van der Waals surface area contributed by atoms with Crippen molar-refractivity contribution in [3.05, 3.63) is 0 Å². The molecule has 4 nitrogen and oxygen atoms in total. The van der Waals surface area contributed by atoms with Gasteiger partial charge in [-0.3, -0.25) is 0 Å². The van der Waals surface area contributed by atoms with Gasteiger partial charge >= 0.3 is 6.09 Å². The van der Waals surface area contributed by atoms with E-state index < -0.39 is 11.2 Å². The molecule has 1 aliphatic carbocycles. The molecule has 0 bridgehead atoms. The topological polar surface area (TPSA) is 58.6 Å². The molecule has 0 atom stereocenters.